The Labute approximate surface area is 109 Å². The molecule has 0 aromatic heterocycles. The Hall–Kier alpha value is -1.71. The number of hydrogen-bond acceptors (Lipinski definition) is 3. The van der Waals surface area contributed by atoms with E-state index in [-0.39, 0.29) is 11.9 Å². The Morgan fingerprint density at radius 3 is 2.72 bits per heavy atom. The van der Waals surface area contributed by atoms with Crippen molar-refractivity contribution in [1.29, 1.82) is 0 Å². The monoisotopic (exact) mass is 250 g/mol. The van der Waals surface area contributed by atoms with Crippen molar-refractivity contribution < 1.29 is 9.53 Å². The van der Waals surface area contributed by atoms with Crippen LogP contribution in [0, 0.1) is 6.92 Å². The minimum Gasteiger partial charge on any atom is -0.481 e. The molecular weight excluding hydrogens is 228 g/mol. The van der Waals surface area contributed by atoms with Crippen molar-refractivity contribution in [3.8, 4) is 5.75 Å². The molecule has 100 valence electrons. The van der Waals surface area contributed by atoms with Crippen LogP contribution in [0.5, 0.6) is 5.75 Å². The second-order valence-electron chi connectivity index (χ2n) is 4.55. The normalized spacial score (nSPS) is 13.8. The fourth-order valence-electron chi connectivity index (χ4n) is 1.47. The zero-order valence-electron chi connectivity index (χ0n) is 11.5. The third-order valence-electron chi connectivity index (χ3n) is 3.00. The Bertz CT molecular complexity index is 418. The number of carbonyl (C=O) groups is 1. The van der Waals surface area contributed by atoms with E-state index in [1.54, 1.807) is 6.92 Å². The van der Waals surface area contributed by atoms with Crippen molar-refractivity contribution in [2.75, 3.05) is 5.73 Å². The molecule has 0 radical (unpaired) electrons. The van der Waals surface area contributed by atoms with Gasteiger partial charge >= 0.3 is 0 Å². The number of carbonyl (C=O) groups excluding carboxylic acids is 1. The molecule has 1 aromatic carbocycles. The predicted molar refractivity (Wildman–Crippen MR) is 73.6 cm³/mol. The third kappa shape index (κ3) is 3.65. The third-order valence-corrected chi connectivity index (χ3v) is 3.00. The number of nitrogen functional groups attached to an aromatic ring is 1. The first-order valence-corrected chi connectivity index (χ1v) is 6.27. The van der Waals surface area contributed by atoms with Gasteiger partial charge in [0.2, 0.25) is 0 Å². The molecule has 0 heterocycles. The lowest BCUT2D eigenvalue weighted by Crippen LogP contribution is -2.41. The number of nitrogens with two attached hydrogens (primary N) is 1. The van der Waals surface area contributed by atoms with Gasteiger partial charge in [0.25, 0.3) is 5.91 Å². The van der Waals surface area contributed by atoms with Crippen molar-refractivity contribution in [2.45, 2.75) is 46.3 Å². The highest BCUT2D eigenvalue weighted by Gasteiger charge is 2.17. The number of nitrogens with one attached hydrogen (secondary N) is 1. The van der Waals surface area contributed by atoms with Crippen LogP contribution in [0.1, 0.15) is 32.8 Å². The highest BCUT2D eigenvalue weighted by molar-refractivity contribution is 5.81. The molecule has 0 fully saturated rings. The summed E-state index contributed by atoms with van der Waals surface area (Å²) in [5.41, 5.74) is 7.32. The van der Waals surface area contributed by atoms with Gasteiger partial charge in [-0.2, -0.15) is 0 Å². The number of ether oxygens (including phenoxy) is 1. The predicted octanol–water partition coefficient (Wildman–Crippen LogP) is 2.26. The molecule has 0 aliphatic carbocycles. The lowest BCUT2D eigenvalue weighted by molar-refractivity contribution is -0.127. The zero-order valence-corrected chi connectivity index (χ0v) is 11.5. The van der Waals surface area contributed by atoms with E-state index in [0.29, 0.717) is 11.4 Å². The summed E-state index contributed by atoms with van der Waals surface area (Å²) < 4.78 is 5.64. The standard InChI is InChI=1S/C14H22N2O2/c1-5-9(2)16-14(17)11(4)18-13-8-6-7-12(15)10(13)3/h6-9,11H,5,15H2,1-4H3,(H,16,17). The lowest BCUT2D eigenvalue weighted by atomic mass is 10.2. The topological polar surface area (TPSA) is 64.3 Å². The van der Waals surface area contributed by atoms with Crippen LogP contribution in [-0.2, 0) is 4.79 Å². The first-order valence-electron chi connectivity index (χ1n) is 6.27. The Kier molecular flexibility index (Phi) is 5.01. The van der Waals surface area contributed by atoms with Crippen molar-refractivity contribution in [1.82, 2.24) is 5.32 Å². The van der Waals surface area contributed by atoms with Gasteiger partial charge in [-0.1, -0.05) is 13.0 Å². The average Bonchev–Trinajstić information content (AvgIpc) is 2.34. The first-order chi connectivity index (χ1) is 8.45. The second-order valence-corrected chi connectivity index (χ2v) is 4.55. The van der Waals surface area contributed by atoms with Crippen LogP contribution in [0.4, 0.5) is 5.69 Å². The summed E-state index contributed by atoms with van der Waals surface area (Å²) in [6.07, 6.45) is 0.370. The smallest absolute Gasteiger partial charge is 0.260 e. The molecule has 18 heavy (non-hydrogen) atoms. The molecule has 3 N–H and O–H groups in total. The van der Waals surface area contributed by atoms with Crippen LogP contribution in [-0.4, -0.2) is 18.1 Å². The number of amides is 1. The van der Waals surface area contributed by atoms with Gasteiger partial charge in [-0.05, 0) is 39.3 Å². The summed E-state index contributed by atoms with van der Waals surface area (Å²) in [7, 11) is 0. The molecule has 0 saturated carbocycles. The number of benzene rings is 1. The van der Waals surface area contributed by atoms with Crippen molar-refractivity contribution in [3.05, 3.63) is 23.8 Å². The summed E-state index contributed by atoms with van der Waals surface area (Å²) >= 11 is 0. The number of hydrogen-bond donors (Lipinski definition) is 2. The molecule has 0 aliphatic heterocycles. The highest BCUT2D eigenvalue weighted by atomic mass is 16.5. The maximum Gasteiger partial charge on any atom is 0.260 e. The van der Waals surface area contributed by atoms with E-state index < -0.39 is 6.10 Å². The van der Waals surface area contributed by atoms with Crippen LogP contribution in [0.15, 0.2) is 18.2 Å². The van der Waals surface area contributed by atoms with E-state index in [0.717, 1.165) is 12.0 Å². The van der Waals surface area contributed by atoms with Crippen LogP contribution in [0.3, 0.4) is 0 Å². The van der Waals surface area contributed by atoms with Crippen LogP contribution in [0.2, 0.25) is 0 Å². The van der Waals surface area contributed by atoms with Gasteiger partial charge in [-0.3, -0.25) is 4.79 Å². The molecule has 1 aromatic rings. The van der Waals surface area contributed by atoms with Crippen molar-refractivity contribution in [2.24, 2.45) is 0 Å². The quantitative estimate of drug-likeness (QED) is 0.788. The van der Waals surface area contributed by atoms with Gasteiger partial charge in [0.15, 0.2) is 6.10 Å². The summed E-state index contributed by atoms with van der Waals surface area (Å²) in [5, 5.41) is 2.89. The van der Waals surface area contributed by atoms with Crippen LogP contribution in [0.25, 0.3) is 0 Å². The van der Waals surface area contributed by atoms with E-state index in [4.69, 9.17) is 10.5 Å². The van der Waals surface area contributed by atoms with Crippen LogP contribution >= 0.6 is 0 Å². The maximum absolute atomic E-state index is 11.8. The number of anilines is 1. The minimum atomic E-state index is -0.528. The van der Waals surface area contributed by atoms with E-state index in [9.17, 15) is 4.79 Å². The van der Waals surface area contributed by atoms with Crippen LogP contribution < -0.4 is 15.8 Å². The zero-order chi connectivity index (χ0) is 13.7. The Balaban J connectivity index is 2.67. The molecule has 1 amide bonds. The second kappa shape index (κ2) is 6.28. The van der Waals surface area contributed by atoms with Gasteiger partial charge in [0.05, 0.1) is 0 Å². The van der Waals surface area contributed by atoms with E-state index >= 15 is 0 Å². The first kappa shape index (κ1) is 14.4. The summed E-state index contributed by atoms with van der Waals surface area (Å²) in [5.74, 6) is 0.549. The van der Waals surface area contributed by atoms with E-state index in [1.165, 1.54) is 0 Å². The molecule has 0 bridgehead atoms. The molecule has 0 spiro atoms. The van der Waals surface area contributed by atoms with Gasteiger partial charge in [0, 0.05) is 17.3 Å². The molecule has 1 rings (SSSR count). The largest absolute Gasteiger partial charge is 0.481 e. The maximum atomic E-state index is 11.8. The molecule has 0 saturated heterocycles. The molecule has 2 unspecified atom stereocenters. The fourth-order valence-corrected chi connectivity index (χ4v) is 1.47. The van der Waals surface area contributed by atoms with E-state index in [1.807, 2.05) is 39.0 Å². The van der Waals surface area contributed by atoms with Gasteiger partial charge < -0.3 is 15.8 Å². The minimum absolute atomic E-state index is 0.105. The molecule has 4 nitrogen and oxygen atoms in total. The summed E-state index contributed by atoms with van der Waals surface area (Å²) in [4.78, 5) is 11.8. The van der Waals surface area contributed by atoms with Gasteiger partial charge in [0.1, 0.15) is 5.75 Å². The summed E-state index contributed by atoms with van der Waals surface area (Å²) in [6.45, 7) is 7.61. The number of rotatable bonds is 5. The van der Waals surface area contributed by atoms with Gasteiger partial charge in [-0.15, -0.1) is 0 Å². The Morgan fingerprint density at radius 1 is 1.44 bits per heavy atom. The van der Waals surface area contributed by atoms with Crippen molar-refractivity contribution in [3.63, 3.8) is 0 Å². The lowest BCUT2D eigenvalue weighted by Gasteiger charge is -2.19. The fraction of sp³-hybridized carbons (Fsp3) is 0.500. The molecular formula is C14H22N2O2. The average molecular weight is 250 g/mol. The Morgan fingerprint density at radius 2 is 2.11 bits per heavy atom. The summed E-state index contributed by atoms with van der Waals surface area (Å²) in [6, 6.07) is 5.60. The van der Waals surface area contributed by atoms with Gasteiger partial charge in [-0.25, -0.2) is 0 Å². The SMILES string of the molecule is CCC(C)NC(=O)C(C)Oc1cccc(N)c1C. The van der Waals surface area contributed by atoms with Crippen molar-refractivity contribution >= 4 is 11.6 Å². The molecule has 0 aliphatic rings. The van der Waals surface area contributed by atoms with E-state index in [2.05, 4.69) is 5.32 Å². The highest BCUT2D eigenvalue weighted by Crippen LogP contribution is 2.23. The molecule has 2 atom stereocenters. The molecule has 4 heteroatoms.